The Bertz CT molecular complexity index is 656. The first-order valence-electron chi connectivity index (χ1n) is 6.01. The molecule has 1 unspecified atom stereocenters. The van der Waals surface area contributed by atoms with Crippen LogP contribution in [-0.2, 0) is 16.6 Å². The van der Waals surface area contributed by atoms with Gasteiger partial charge < -0.3 is 14.5 Å². The minimum atomic E-state index is -0.574. The number of likely N-dealkylation sites (N-methyl/N-ethyl adjacent to an activating group) is 1. The summed E-state index contributed by atoms with van der Waals surface area (Å²) in [5, 5.41) is 2.89. The summed E-state index contributed by atoms with van der Waals surface area (Å²) in [5.74, 6) is -0.785. The molecule has 0 aliphatic heterocycles. The Morgan fingerprint density at radius 2 is 2.26 bits per heavy atom. The van der Waals surface area contributed by atoms with Crippen molar-refractivity contribution >= 4 is 17.1 Å². The number of nitrogens with zero attached hydrogens (tertiary/aromatic N) is 1. The lowest BCUT2D eigenvalue weighted by molar-refractivity contribution is -0.145. The zero-order chi connectivity index (χ0) is 14.0. The molecule has 1 N–H and O–H groups in total. The molecule has 0 amide bonds. The van der Waals surface area contributed by atoms with E-state index in [1.54, 1.807) is 39.2 Å². The van der Waals surface area contributed by atoms with E-state index in [0.29, 0.717) is 23.3 Å². The molecule has 1 aromatic heterocycles. The molecule has 19 heavy (non-hydrogen) atoms. The third-order valence-electron chi connectivity index (χ3n) is 2.96. The summed E-state index contributed by atoms with van der Waals surface area (Å²) in [5.41, 5.74) is 1.84. The molecule has 0 radical (unpaired) electrons. The lowest BCUT2D eigenvalue weighted by Gasteiger charge is -2.14. The number of carbonyl (C=O) groups is 1. The number of nitrogens with one attached hydrogen (secondary N) is 1. The maximum atomic E-state index is 11.8. The highest BCUT2D eigenvalue weighted by Gasteiger charge is 2.21. The molecule has 0 saturated heterocycles. The van der Waals surface area contributed by atoms with Crippen molar-refractivity contribution in [2.24, 2.45) is 7.05 Å². The second kappa shape index (κ2) is 5.27. The van der Waals surface area contributed by atoms with Crippen molar-refractivity contribution in [2.45, 2.75) is 13.0 Å². The molecular formula is C13H16N2O4. The van der Waals surface area contributed by atoms with Crippen LogP contribution in [0.4, 0.5) is 0 Å². The SMILES string of the molecule is CCOC(=O)C(NC)c1ccc2c(c1)oc(=O)n2C. The van der Waals surface area contributed by atoms with E-state index in [2.05, 4.69) is 5.32 Å². The standard InChI is InChI=1S/C13H16N2O4/c1-4-18-12(16)11(14-2)8-5-6-9-10(7-8)19-13(17)15(9)3/h5-7,11,14H,4H2,1-3H3. The summed E-state index contributed by atoms with van der Waals surface area (Å²) < 4.78 is 11.5. The maximum absolute atomic E-state index is 11.8. The molecule has 0 bridgehead atoms. The van der Waals surface area contributed by atoms with Gasteiger partial charge in [-0.25, -0.2) is 9.59 Å². The zero-order valence-corrected chi connectivity index (χ0v) is 11.1. The van der Waals surface area contributed by atoms with E-state index in [4.69, 9.17) is 9.15 Å². The molecule has 0 fully saturated rings. The van der Waals surface area contributed by atoms with E-state index in [1.807, 2.05) is 0 Å². The van der Waals surface area contributed by atoms with Crippen LogP contribution < -0.4 is 11.1 Å². The van der Waals surface area contributed by atoms with E-state index in [9.17, 15) is 9.59 Å². The largest absolute Gasteiger partial charge is 0.465 e. The molecule has 0 aliphatic rings. The number of aromatic nitrogens is 1. The third-order valence-corrected chi connectivity index (χ3v) is 2.96. The Balaban J connectivity index is 2.44. The highest BCUT2D eigenvalue weighted by Crippen LogP contribution is 2.20. The molecule has 102 valence electrons. The van der Waals surface area contributed by atoms with Gasteiger partial charge in [0.25, 0.3) is 0 Å². The first-order chi connectivity index (χ1) is 9.08. The smallest absolute Gasteiger partial charge is 0.419 e. The minimum Gasteiger partial charge on any atom is -0.465 e. The summed E-state index contributed by atoms with van der Waals surface area (Å²) in [7, 11) is 3.31. The van der Waals surface area contributed by atoms with Crippen LogP contribution in [0.5, 0.6) is 0 Å². The lowest BCUT2D eigenvalue weighted by atomic mass is 10.1. The predicted molar refractivity (Wildman–Crippen MR) is 69.9 cm³/mol. The molecule has 2 rings (SSSR count). The molecule has 0 spiro atoms. The quantitative estimate of drug-likeness (QED) is 0.832. The van der Waals surface area contributed by atoms with E-state index in [1.165, 1.54) is 4.57 Å². The van der Waals surface area contributed by atoms with Crippen molar-refractivity contribution in [3.8, 4) is 0 Å². The number of ether oxygens (including phenoxy) is 1. The second-order valence-electron chi connectivity index (χ2n) is 4.13. The molecule has 1 aromatic carbocycles. The van der Waals surface area contributed by atoms with Crippen molar-refractivity contribution in [2.75, 3.05) is 13.7 Å². The Hall–Kier alpha value is -2.08. The fraction of sp³-hybridized carbons (Fsp3) is 0.385. The number of benzene rings is 1. The molecule has 0 aliphatic carbocycles. The van der Waals surface area contributed by atoms with Crippen LogP contribution in [0.2, 0.25) is 0 Å². The molecule has 0 saturated carbocycles. The van der Waals surface area contributed by atoms with Gasteiger partial charge in [-0.2, -0.15) is 0 Å². The first kappa shape index (κ1) is 13.4. The average Bonchev–Trinajstić information content (AvgIpc) is 2.66. The normalized spacial score (nSPS) is 12.6. The van der Waals surface area contributed by atoms with Gasteiger partial charge in [0.2, 0.25) is 0 Å². The Morgan fingerprint density at radius 1 is 1.53 bits per heavy atom. The number of fused-ring (bicyclic) bond motifs is 1. The van der Waals surface area contributed by atoms with Gasteiger partial charge in [0, 0.05) is 7.05 Å². The molecule has 6 heteroatoms. The summed E-state index contributed by atoms with van der Waals surface area (Å²) in [6.45, 7) is 2.07. The van der Waals surface area contributed by atoms with Crippen molar-refractivity contribution < 1.29 is 13.9 Å². The number of rotatable bonds is 4. The van der Waals surface area contributed by atoms with Gasteiger partial charge in [-0.1, -0.05) is 6.07 Å². The van der Waals surface area contributed by atoms with E-state index in [-0.39, 0.29) is 5.97 Å². The van der Waals surface area contributed by atoms with Crippen LogP contribution in [-0.4, -0.2) is 24.2 Å². The fourth-order valence-corrected chi connectivity index (χ4v) is 1.98. The van der Waals surface area contributed by atoms with Gasteiger partial charge in [0.1, 0.15) is 6.04 Å². The maximum Gasteiger partial charge on any atom is 0.419 e. The second-order valence-corrected chi connectivity index (χ2v) is 4.13. The van der Waals surface area contributed by atoms with Gasteiger partial charge in [0.05, 0.1) is 12.1 Å². The minimum absolute atomic E-state index is 0.319. The van der Waals surface area contributed by atoms with Crippen LogP contribution in [0.1, 0.15) is 18.5 Å². The molecular weight excluding hydrogens is 248 g/mol. The van der Waals surface area contributed by atoms with Crippen molar-refractivity contribution in [1.82, 2.24) is 9.88 Å². The van der Waals surface area contributed by atoms with Gasteiger partial charge in [0.15, 0.2) is 5.58 Å². The van der Waals surface area contributed by atoms with Crippen LogP contribution in [0, 0.1) is 0 Å². The Kier molecular flexibility index (Phi) is 3.71. The number of aryl methyl sites for hydroxylation is 1. The van der Waals surface area contributed by atoms with Gasteiger partial charge in [-0.15, -0.1) is 0 Å². The fourth-order valence-electron chi connectivity index (χ4n) is 1.98. The first-order valence-corrected chi connectivity index (χ1v) is 6.01. The summed E-state index contributed by atoms with van der Waals surface area (Å²) in [6, 6.07) is 4.62. The topological polar surface area (TPSA) is 73.5 Å². The number of hydrogen-bond acceptors (Lipinski definition) is 5. The van der Waals surface area contributed by atoms with Gasteiger partial charge >= 0.3 is 11.7 Å². The highest BCUT2D eigenvalue weighted by molar-refractivity contribution is 5.81. The third kappa shape index (κ3) is 2.39. The highest BCUT2D eigenvalue weighted by atomic mass is 16.5. The Labute approximate surface area is 110 Å². The zero-order valence-electron chi connectivity index (χ0n) is 11.1. The molecule has 1 atom stereocenters. The van der Waals surface area contributed by atoms with Crippen molar-refractivity contribution in [1.29, 1.82) is 0 Å². The van der Waals surface area contributed by atoms with Gasteiger partial charge in [-0.05, 0) is 31.7 Å². The number of carbonyl (C=O) groups excluding carboxylic acids is 1. The van der Waals surface area contributed by atoms with Crippen LogP contribution in [0.3, 0.4) is 0 Å². The van der Waals surface area contributed by atoms with Crippen molar-refractivity contribution in [3.05, 3.63) is 34.3 Å². The molecule has 1 heterocycles. The number of oxazole rings is 1. The lowest BCUT2D eigenvalue weighted by Crippen LogP contribution is -2.27. The predicted octanol–water partition coefficient (Wildman–Crippen LogP) is 0.955. The van der Waals surface area contributed by atoms with Gasteiger partial charge in [-0.3, -0.25) is 4.57 Å². The monoisotopic (exact) mass is 264 g/mol. The van der Waals surface area contributed by atoms with Crippen LogP contribution >= 0.6 is 0 Å². The molecule has 2 aromatic rings. The Morgan fingerprint density at radius 3 is 2.89 bits per heavy atom. The van der Waals surface area contributed by atoms with E-state index >= 15 is 0 Å². The van der Waals surface area contributed by atoms with Crippen LogP contribution in [0.15, 0.2) is 27.4 Å². The van der Waals surface area contributed by atoms with Crippen molar-refractivity contribution in [3.63, 3.8) is 0 Å². The summed E-state index contributed by atoms with van der Waals surface area (Å²) in [4.78, 5) is 23.2. The van der Waals surface area contributed by atoms with E-state index in [0.717, 1.165) is 0 Å². The summed E-state index contributed by atoms with van der Waals surface area (Å²) >= 11 is 0. The van der Waals surface area contributed by atoms with E-state index < -0.39 is 11.8 Å². The van der Waals surface area contributed by atoms with Crippen LogP contribution in [0.25, 0.3) is 11.1 Å². The molecule has 6 nitrogen and oxygen atoms in total. The number of hydrogen-bond donors (Lipinski definition) is 1. The summed E-state index contributed by atoms with van der Waals surface area (Å²) in [6.07, 6.45) is 0. The number of esters is 1. The average molecular weight is 264 g/mol.